The number of benzene rings is 6. The zero-order valence-electron chi connectivity index (χ0n) is 34.0. The molecule has 0 aliphatic carbocycles. The van der Waals surface area contributed by atoms with Crippen molar-refractivity contribution in [2.75, 3.05) is 22.0 Å². The molecule has 0 aliphatic rings. The highest BCUT2D eigenvalue weighted by atomic mass is 32.2. The van der Waals surface area contributed by atoms with Crippen molar-refractivity contribution in [2.45, 2.75) is 20.0 Å². The van der Waals surface area contributed by atoms with Crippen molar-refractivity contribution < 1.29 is 26.7 Å². The van der Waals surface area contributed by atoms with E-state index in [1.165, 1.54) is 0 Å². The van der Waals surface area contributed by atoms with Crippen molar-refractivity contribution in [1.29, 1.82) is 0 Å². The number of carbonyl (C=O) groups excluding carboxylic acids is 1. The smallest absolute Gasteiger partial charge is 0.229 e. The number of ketones is 1. The maximum absolute atomic E-state index is 11.9. The van der Waals surface area contributed by atoms with E-state index in [-0.39, 0.29) is 5.78 Å². The Kier molecular flexibility index (Phi) is 12.4. The molecule has 12 nitrogen and oxygen atoms in total. The van der Waals surface area contributed by atoms with E-state index in [2.05, 4.69) is 53.1 Å². The molecule has 0 bridgehead atoms. The summed E-state index contributed by atoms with van der Waals surface area (Å²) in [6.07, 6.45) is 1.65. The van der Waals surface area contributed by atoms with Crippen LogP contribution in [0.15, 0.2) is 133 Å². The Bertz CT molecular complexity index is 3320. The summed E-state index contributed by atoms with van der Waals surface area (Å²) in [6, 6.07) is 40.6. The topological polar surface area (TPSA) is 187 Å². The molecule has 1 unspecified atom stereocenters. The average molecular weight is 861 g/mol. The third-order valence-electron chi connectivity index (χ3n) is 9.33. The summed E-state index contributed by atoms with van der Waals surface area (Å²) in [7, 11) is -6.62. The van der Waals surface area contributed by atoms with Gasteiger partial charge in [0.15, 0.2) is 17.4 Å². The lowest BCUT2D eigenvalue weighted by Gasteiger charge is -2.11. The lowest BCUT2D eigenvalue weighted by molar-refractivity contribution is 0.101. The van der Waals surface area contributed by atoms with Crippen LogP contribution < -0.4 is 9.44 Å². The molecule has 8 rings (SSSR count). The molecule has 2 aromatic heterocycles. The predicted molar refractivity (Wildman–Crippen MR) is 245 cm³/mol. The minimum Gasteiger partial charge on any atom is -0.389 e. The lowest BCUT2D eigenvalue weighted by atomic mass is 9.96. The second-order valence-electron chi connectivity index (χ2n) is 14.4. The zero-order chi connectivity index (χ0) is 44.0. The molecule has 0 aliphatic heterocycles. The molecule has 0 amide bonds. The molecule has 2 heterocycles. The number of sulfonamides is 2. The van der Waals surface area contributed by atoms with Gasteiger partial charge in [0.1, 0.15) is 0 Å². The van der Waals surface area contributed by atoms with E-state index in [1.54, 1.807) is 62.4 Å². The van der Waals surface area contributed by atoms with Crippen molar-refractivity contribution in [2.24, 2.45) is 0 Å². The number of rotatable bonds is 8. The second kappa shape index (κ2) is 18.0. The molecule has 1 atom stereocenters. The molecule has 310 valence electrons. The molecule has 0 radical (unpaired) electrons. The second-order valence-corrected chi connectivity index (χ2v) is 17.9. The Morgan fingerprint density at radius 2 is 1.03 bits per heavy atom. The molecule has 0 saturated heterocycles. The third kappa shape index (κ3) is 11.0. The number of carbonyl (C=O) groups is 1. The van der Waals surface area contributed by atoms with Crippen molar-refractivity contribution in [3.05, 3.63) is 167 Å². The summed E-state index contributed by atoms with van der Waals surface area (Å²) < 4.78 is 50.0. The predicted octanol–water partition coefficient (Wildman–Crippen LogP) is 8.26. The van der Waals surface area contributed by atoms with E-state index in [0.29, 0.717) is 28.6 Å². The summed E-state index contributed by atoms with van der Waals surface area (Å²) in [5.41, 5.74) is 11.0. The molecule has 0 fully saturated rings. The molecule has 62 heavy (non-hydrogen) atoms. The Morgan fingerprint density at radius 1 is 0.597 bits per heavy atom. The largest absolute Gasteiger partial charge is 0.389 e. The monoisotopic (exact) mass is 860 g/mol. The number of fused-ring (bicyclic) bond motifs is 2. The van der Waals surface area contributed by atoms with Gasteiger partial charge in [-0.15, -0.1) is 0 Å². The van der Waals surface area contributed by atoms with E-state index in [9.17, 15) is 26.7 Å². The van der Waals surface area contributed by atoms with Gasteiger partial charge < -0.3 is 15.1 Å². The third-order valence-corrected chi connectivity index (χ3v) is 10.5. The highest BCUT2D eigenvalue weighted by Crippen LogP contribution is 2.30. The molecule has 8 aromatic rings. The molecule has 0 spiro atoms. The summed E-state index contributed by atoms with van der Waals surface area (Å²) in [5.74, 6) is 13.1. The van der Waals surface area contributed by atoms with Gasteiger partial charge in [0.2, 0.25) is 20.0 Å². The quantitative estimate of drug-likeness (QED) is 0.0746. The number of aliphatic hydroxyl groups excluding tert-OH is 1. The normalized spacial score (nSPS) is 11.6. The van der Waals surface area contributed by atoms with E-state index in [4.69, 9.17) is 0 Å². The first-order chi connectivity index (χ1) is 29.6. The van der Waals surface area contributed by atoms with Crippen LogP contribution >= 0.6 is 0 Å². The number of nitrogens with zero attached hydrogens (tertiary/aromatic N) is 2. The fourth-order valence-corrected chi connectivity index (χ4v) is 7.70. The van der Waals surface area contributed by atoms with Crippen LogP contribution in [0.2, 0.25) is 0 Å². The minimum atomic E-state index is -3.31. The van der Waals surface area contributed by atoms with Gasteiger partial charge in [0, 0.05) is 28.1 Å². The molecule has 5 N–H and O–H groups in total. The van der Waals surface area contributed by atoms with Crippen molar-refractivity contribution in [3.63, 3.8) is 0 Å². The van der Waals surface area contributed by atoms with Gasteiger partial charge in [-0.05, 0) is 126 Å². The SMILES string of the molecule is CC(=O)c1ccccc1-c1ccc2nc(C#Cc3ccc(NS(C)(=O)=O)cc3)[nH]c2c1.CC(O)c1ccccc1-c1ccc2nc(C#Cc3ccc(NS(C)(=O)=O)cc3)[nH]c2c1. The van der Waals surface area contributed by atoms with Gasteiger partial charge in [-0.2, -0.15) is 0 Å². The van der Waals surface area contributed by atoms with E-state index >= 15 is 0 Å². The van der Waals surface area contributed by atoms with Crippen LogP contribution in [0.3, 0.4) is 0 Å². The van der Waals surface area contributed by atoms with Gasteiger partial charge in [-0.25, -0.2) is 26.8 Å². The van der Waals surface area contributed by atoms with Crippen molar-refractivity contribution in [3.8, 4) is 45.9 Å². The van der Waals surface area contributed by atoms with E-state index < -0.39 is 26.2 Å². The van der Waals surface area contributed by atoms with E-state index in [1.807, 2.05) is 84.9 Å². The highest BCUT2D eigenvalue weighted by molar-refractivity contribution is 7.92. The number of nitrogens with one attached hydrogen (secondary N) is 4. The number of anilines is 2. The van der Waals surface area contributed by atoms with Crippen LogP contribution in [-0.4, -0.2) is 60.2 Å². The van der Waals surface area contributed by atoms with Gasteiger partial charge >= 0.3 is 0 Å². The Balaban J connectivity index is 0.000000186. The first-order valence-electron chi connectivity index (χ1n) is 19.1. The number of aromatic amines is 2. The van der Waals surface area contributed by atoms with Crippen molar-refractivity contribution in [1.82, 2.24) is 19.9 Å². The van der Waals surface area contributed by atoms with Crippen molar-refractivity contribution >= 4 is 59.3 Å². The summed E-state index contributed by atoms with van der Waals surface area (Å²) in [5, 5.41) is 10.1. The van der Waals surface area contributed by atoms with Crippen LogP contribution in [-0.2, 0) is 20.0 Å². The number of hydrogen-bond donors (Lipinski definition) is 5. The number of Topliss-reactive ketones (excluding diaryl/α,β-unsaturated/α-hetero) is 1. The maximum Gasteiger partial charge on any atom is 0.229 e. The van der Waals surface area contributed by atoms with Crippen LogP contribution in [0.5, 0.6) is 0 Å². The standard InChI is InChI=1S/C24H21N3O3S.C24H19N3O3S/c2*1-16(28)20-5-3-4-6-21(20)18-10-13-22-23(15-18)26-24(25-22)14-9-17-7-11-19(12-8-17)27-31(2,29)30/h3-8,10-13,15-16,27-28H,1-2H3,(H,25,26);3-8,10-13,15,27H,1-2H3,(H,25,26). The highest BCUT2D eigenvalue weighted by Gasteiger charge is 2.12. The fraction of sp³-hybridized carbons (Fsp3) is 0.104. The van der Waals surface area contributed by atoms with Gasteiger partial charge in [-0.3, -0.25) is 14.2 Å². The Labute approximate surface area is 359 Å². The number of H-pyrrole nitrogens is 2. The van der Waals surface area contributed by atoms with E-state index in [0.717, 1.165) is 73.5 Å². The molecular formula is C48H40N6O6S2. The Morgan fingerprint density at radius 3 is 1.48 bits per heavy atom. The van der Waals surface area contributed by atoms with Gasteiger partial charge in [-0.1, -0.05) is 72.5 Å². The minimum absolute atomic E-state index is 0.0182. The molecular weight excluding hydrogens is 821 g/mol. The maximum atomic E-state index is 11.9. The molecule has 6 aromatic carbocycles. The van der Waals surface area contributed by atoms with Crippen LogP contribution in [0.4, 0.5) is 11.4 Å². The summed E-state index contributed by atoms with van der Waals surface area (Å²) >= 11 is 0. The number of imidazole rings is 2. The number of hydrogen-bond acceptors (Lipinski definition) is 8. The Hall–Kier alpha value is -7.49. The molecule has 0 saturated carbocycles. The first-order valence-corrected chi connectivity index (χ1v) is 22.9. The lowest BCUT2D eigenvalue weighted by Crippen LogP contribution is -2.09. The van der Waals surface area contributed by atoms with Gasteiger partial charge in [0.05, 0.1) is 40.7 Å². The fourth-order valence-electron chi connectivity index (χ4n) is 6.57. The first kappa shape index (κ1) is 42.6. The summed E-state index contributed by atoms with van der Waals surface area (Å²) in [6.45, 7) is 3.32. The van der Waals surface area contributed by atoms with Crippen LogP contribution in [0, 0.1) is 23.7 Å². The average Bonchev–Trinajstić information content (AvgIpc) is 3.85. The van der Waals surface area contributed by atoms with Crippen LogP contribution in [0.1, 0.15) is 58.6 Å². The number of aliphatic hydroxyl groups is 1. The number of aromatic nitrogens is 4. The van der Waals surface area contributed by atoms with Crippen LogP contribution in [0.25, 0.3) is 44.3 Å². The van der Waals surface area contributed by atoms with Gasteiger partial charge in [0.25, 0.3) is 0 Å². The zero-order valence-corrected chi connectivity index (χ0v) is 35.6. The molecule has 14 heteroatoms. The summed E-state index contributed by atoms with van der Waals surface area (Å²) in [4.78, 5) is 27.4.